The predicted molar refractivity (Wildman–Crippen MR) is 57.7 cm³/mol. The molecule has 0 radical (unpaired) electrons. The number of nitrogen functional groups attached to an aromatic ring is 1. The van der Waals surface area contributed by atoms with Crippen LogP contribution in [0.1, 0.15) is 24.8 Å². The molecule has 1 aromatic rings. The molecule has 1 aliphatic rings. The molecule has 1 aromatic carbocycles. The monoisotopic (exact) mass is 193 g/mol. The van der Waals surface area contributed by atoms with Gasteiger partial charge in [-0.1, -0.05) is 23.7 Å². The van der Waals surface area contributed by atoms with Crippen molar-refractivity contribution in [2.24, 2.45) is 0 Å². The average Bonchev–Trinajstić information content (AvgIpc) is 2.57. The third kappa shape index (κ3) is 1.56. The zero-order valence-electron chi connectivity index (χ0n) is 7.39. The highest BCUT2D eigenvalue weighted by Crippen LogP contribution is 2.35. The van der Waals surface area contributed by atoms with Gasteiger partial charge in [0.2, 0.25) is 0 Å². The van der Waals surface area contributed by atoms with Crippen molar-refractivity contribution < 1.29 is 0 Å². The van der Waals surface area contributed by atoms with Gasteiger partial charge in [0.25, 0.3) is 0 Å². The molecular weight excluding hydrogens is 182 g/mol. The fourth-order valence-corrected chi connectivity index (χ4v) is 2.08. The maximum Gasteiger partial charge on any atom is 0.0501 e. The van der Waals surface area contributed by atoms with Crippen LogP contribution >= 0.6 is 11.6 Å². The van der Waals surface area contributed by atoms with E-state index >= 15 is 0 Å². The number of hydrogen-bond donors (Lipinski definition) is 1. The van der Waals surface area contributed by atoms with E-state index in [1.54, 1.807) is 0 Å². The van der Waals surface area contributed by atoms with Crippen LogP contribution in [0.3, 0.4) is 0 Å². The van der Waals surface area contributed by atoms with Gasteiger partial charge in [-0.3, -0.25) is 0 Å². The van der Waals surface area contributed by atoms with E-state index in [9.17, 15) is 0 Å². The van der Waals surface area contributed by atoms with E-state index in [1.807, 2.05) is 18.2 Å². The second kappa shape index (κ2) is 3.43. The largest absolute Gasteiger partial charge is 0.398 e. The second-order valence-corrected chi connectivity index (χ2v) is 3.73. The van der Waals surface area contributed by atoms with Crippen molar-refractivity contribution in [3.05, 3.63) is 34.9 Å². The van der Waals surface area contributed by atoms with Crippen molar-refractivity contribution in [3.63, 3.8) is 0 Å². The summed E-state index contributed by atoms with van der Waals surface area (Å²) in [5, 5.41) is 0.771. The fourth-order valence-electron chi connectivity index (χ4n) is 1.78. The van der Waals surface area contributed by atoms with E-state index in [0.29, 0.717) is 0 Å². The molecule has 13 heavy (non-hydrogen) atoms. The number of benzene rings is 1. The topological polar surface area (TPSA) is 26.0 Å². The van der Waals surface area contributed by atoms with Gasteiger partial charge in [0.1, 0.15) is 0 Å². The molecular formula is C11H12ClN. The molecule has 0 aromatic heterocycles. The van der Waals surface area contributed by atoms with Gasteiger partial charge in [0.15, 0.2) is 0 Å². The van der Waals surface area contributed by atoms with Crippen LogP contribution in [0, 0.1) is 0 Å². The number of hydrogen-bond acceptors (Lipinski definition) is 1. The molecule has 68 valence electrons. The Morgan fingerprint density at radius 2 is 2.15 bits per heavy atom. The molecule has 0 aliphatic heterocycles. The van der Waals surface area contributed by atoms with Gasteiger partial charge in [-0.05, 0) is 37.0 Å². The molecule has 2 N–H and O–H groups in total. The van der Waals surface area contributed by atoms with Crippen LogP contribution in [0.25, 0.3) is 5.57 Å². The van der Waals surface area contributed by atoms with Gasteiger partial charge in [0, 0.05) is 11.3 Å². The summed E-state index contributed by atoms with van der Waals surface area (Å²) in [5.41, 5.74) is 9.02. The molecule has 0 saturated carbocycles. The summed E-state index contributed by atoms with van der Waals surface area (Å²) in [6, 6.07) is 5.68. The summed E-state index contributed by atoms with van der Waals surface area (Å²) in [4.78, 5) is 0. The second-order valence-electron chi connectivity index (χ2n) is 3.33. The zero-order valence-corrected chi connectivity index (χ0v) is 8.14. The Hall–Kier alpha value is -0.950. The van der Waals surface area contributed by atoms with Crippen LogP contribution in [0.15, 0.2) is 24.3 Å². The Bertz CT molecular complexity index is 335. The molecule has 1 nitrogen and oxygen atoms in total. The first-order valence-corrected chi connectivity index (χ1v) is 4.90. The summed E-state index contributed by atoms with van der Waals surface area (Å²) in [7, 11) is 0. The van der Waals surface area contributed by atoms with Crippen LogP contribution in [-0.2, 0) is 0 Å². The maximum absolute atomic E-state index is 6.09. The Morgan fingerprint density at radius 1 is 1.31 bits per heavy atom. The molecule has 1 aliphatic carbocycles. The van der Waals surface area contributed by atoms with Crippen molar-refractivity contribution in [2.45, 2.75) is 19.3 Å². The van der Waals surface area contributed by atoms with E-state index in [-0.39, 0.29) is 0 Å². The molecule has 0 heterocycles. The summed E-state index contributed by atoms with van der Waals surface area (Å²) in [6.45, 7) is 0. The highest BCUT2D eigenvalue weighted by Gasteiger charge is 2.12. The smallest absolute Gasteiger partial charge is 0.0501 e. The first-order chi connectivity index (χ1) is 6.29. The molecule has 0 amide bonds. The molecule has 0 saturated heterocycles. The summed E-state index contributed by atoms with van der Waals surface area (Å²) < 4.78 is 0. The fraction of sp³-hybridized carbons (Fsp3) is 0.273. The standard InChI is InChI=1S/C11H12ClN/c12-9-6-3-7-10(13)11(9)8-4-1-2-5-8/h3-4,6-7H,1-2,5,13H2. The van der Waals surface area contributed by atoms with Crippen molar-refractivity contribution in [2.75, 3.05) is 5.73 Å². The molecule has 0 spiro atoms. The Labute approximate surface area is 83.2 Å². The molecule has 2 rings (SSSR count). The number of anilines is 1. The van der Waals surface area contributed by atoms with E-state index in [2.05, 4.69) is 6.08 Å². The normalized spacial score (nSPS) is 15.9. The summed E-state index contributed by atoms with van der Waals surface area (Å²) in [6.07, 6.45) is 5.71. The van der Waals surface area contributed by atoms with Gasteiger partial charge >= 0.3 is 0 Å². The minimum Gasteiger partial charge on any atom is -0.398 e. The maximum atomic E-state index is 6.09. The van der Waals surface area contributed by atoms with Crippen molar-refractivity contribution in [3.8, 4) is 0 Å². The zero-order chi connectivity index (χ0) is 9.26. The van der Waals surface area contributed by atoms with Crippen LogP contribution in [0.4, 0.5) is 5.69 Å². The minimum absolute atomic E-state index is 0.771. The Morgan fingerprint density at radius 3 is 2.77 bits per heavy atom. The van der Waals surface area contributed by atoms with Gasteiger partial charge in [-0.25, -0.2) is 0 Å². The van der Waals surface area contributed by atoms with E-state index < -0.39 is 0 Å². The van der Waals surface area contributed by atoms with Crippen molar-refractivity contribution in [1.82, 2.24) is 0 Å². The van der Waals surface area contributed by atoms with Gasteiger partial charge in [0.05, 0.1) is 5.02 Å². The molecule has 0 unspecified atom stereocenters. The number of allylic oxidation sites excluding steroid dienone is 2. The van der Waals surface area contributed by atoms with Crippen LogP contribution in [0.5, 0.6) is 0 Å². The number of rotatable bonds is 1. The first-order valence-electron chi connectivity index (χ1n) is 4.52. The molecule has 0 fully saturated rings. The third-order valence-corrected chi connectivity index (χ3v) is 2.72. The quantitative estimate of drug-likeness (QED) is 0.679. The van der Waals surface area contributed by atoms with Crippen LogP contribution in [0.2, 0.25) is 5.02 Å². The van der Waals surface area contributed by atoms with Crippen LogP contribution in [-0.4, -0.2) is 0 Å². The molecule has 2 heteroatoms. The Kier molecular flexibility index (Phi) is 2.28. The lowest BCUT2D eigenvalue weighted by Gasteiger charge is -2.08. The number of halogens is 1. The first kappa shape index (κ1) is 8.64. The van der Waals surface area contributed by atoms with E-state index in [4.69, 9.17) is 17.3 Å². The minimum atomic E-state index is 0.771. The average molecular weight is 194 g/mol. The van der Waals surface area contributed by atoms with Gasteiger partial charge in [-0.15, -0.1) is 0 Å². The van der Waals surface area contributed by atoms with Crippen LogP contribution < -0.4 is 5.73 Å². The lowest BCUT2D eigenvalue weighted by Crippen LogP contribution is -1.93. The lowest BCUT2D eigenvalue weighted by atomic mass is 10.0. The third-order valence-electron chi connectivity index (χ3n) is 2.41. The Balaban J connectivity index is 2.49. The van der Waals surface area contributed by atoms with E-state index in [1.165, 1.54) is 12.0 Å². The summed E-state index contributed by atoms with van der Waals surface area (Å²) >= 11 is 6.09. The van der Waals surface area contributed by atoms with Crippen molar-refractivity contribution in [1.29, 1.82) is 0 Å². The van der Waals surface area contributed by atoms with Gasteiger partial charge < -0.3 is 5.73 Å². The highest BCUT2D eigenvalue weighted by molar-refractivity contribution is 6.32. The SMILES string of the molecule is Nc1cccc(Cl)c1C1=CCCC1. The van der Waals surface area contributed by atoms with Gasteiger partial charge in [-0.2, -0.15) is 0 Å². The number of nitrogens with two attached hydrogens (primary N) is 1. The van der Waals surface area contributed by atoms with E-state index in [0.717, 1.165) is 29.1 Å². The predicted octanol–water partition coefficient (Wildman–Crippen LogP) is 3.49. The summed E-state index contributed by atoms with van der Waals surface area (Å²) in [5.74, 6) is 0. The lowest BCUT2D eigenvalue weighted by molar-refractivity contribution is 0.935. The molecule has 0 atom stereocenters. The molecule has 0 bridgehead atoms. The van der Waals surface area contributed by atoms with Crippen molar-refractivity contribution >= 4 is 22.9 Å². The highest BCUT2D eigenvalue weighted by atomic mass is 35.5.